The second kappa shape index (κ2) is 6.95. The Kier molecular flexibility index (Phi) is 5.26. The average Bonchev–Trinajstić information content (AvgIpc) is 2.43. The molecule has 19 heavy (non-hydrogen) atoms. The van der Waals surface area contributed by atoms with Gasteiger partial charge in [0.2, 0.25) is 0 Å². The van der Waals surface area contributed by atoms with Crippen molar-refractivity contribution in [2.24, 2.45) is 0 Å². The molecule has 1 nitrogen and oxygen atoms in total. The zero-order valence-corrected chi connectivity index (χ0v) is 12.4. The Hall–Kier alpha value is -1.02. The zero-order valence-electron chi connectivity index (χ0n) is 10.9. The standard InChI is InChI=1S/C16H17Cl2N/c1-19-16(12-6-3-2-4-7-12)11-10-13-14(17)8-5-9-15(13)18/h2-9,16,19H,10-11H2,1H3. The highest BCUT2D eigenvalue weighted by atomic mass is 35.5. The maximum absolute atomic E-state index is 6.20. The summed E-state index contributed by atoms with van der Waals surface area (Å²) in [4.78, 5) is 0. The second-order valence-corrected chi connectivity index (χ2v) is 5.31. The van der Waals surface area contributed by atoms with Crippen molar-refractivity contribution in [1.82, 2.24) is 5.32 Å². The highest BCUT2D eigenvalue weighted by molar-refractivity contribution is 6.35. The maximum Gasteiger partial charge on any atom is 0.0452 e. The van der Waals surface area contributed by atoms with Crippen LogP contribution >= 0.6 is 23.2 Å². The fraction of sp³-hybridized carbons (Fsp3) is 0.250. The number of halogens is 2. The van der Waals surface area contributed by atoms with Gasteiger partial charge in [-0.25, -0.2) is 0 Å². The second-order valence-electron chi connectivity index (χ2n) is 4.49. The summed E-state index contributed by atoms with van der Waals surface area (Å²) >= 11 is 12.4. The van der Waals surface area contributed by atoms with Crippen molar-refractivity contribution in [2.45, 2.75) is 18.9 Å². The topological polar surface area (TPSA) is 12.0 Å². The first kappa shape index (κ1) is 14.4. The van der Waals surface area contributed by atoms with Gasteiger partial charge in [-0.05, 0) is 43.1 Å². The van der Waals surface area contributed by atoms with Crippen molar-refractivity contribution in [3.05, 3.63) is 69.7 Å². The molecule has 0 aliphatic heterocycles. The van der Waals surface area contributed by atoms with Gasteiger partial charge in [0, 0.05) is 16.1 Å². The quantitative estimate of drug-likeness (QED) is 0.828. The van der Waals surface area contributed by atoms with Crippen LogP contribution in [0.4, 0.5) is 0 Å². The molecular formula is C16H17Cl2N. The van der Waals surface area contributed by atoms with E-state index in [0.717, 1.165) is 28.5 Å². The molecule has 0 heterocycles. The van der Waals surface area contributed by atoms with Crippen molar-refractivity contribution in [2.75, 3.05) is 7.05 Å². The summed E-state index contributed by atoms with van der Waals surface area (Å²) in [6.07, 6.45) is 1.82. The van der Waals surface area contributed by atoms with E-state index in [2.05, 4.69) is 29.6 Å². The minimum atomic E-state index is 0.313. The van der Waals surface area contributed by atoms with Gasteiger partial charge >= 0.3 is 0 Å². The molecule has 2 aromatic carbocycles. The van der Waals surface area contributed by atoms with Gasteiger partial charge in [-0.3, -0.25) is 0 Å². The molecule has 0 radical (unpaired) electrons. The summed E-state index contributed by atoms with van der Waals surface area (Å²) in [6.45, 7) is 0. The van der Waals surface area contributed by atoms with Crippen LogP contribution in [0, 0.1) is 0 Å². The van der Waals surface area contributed by atoms with Crippen molar-refractivity contribution in [3.8, 4) is 0 Å². The molecule has 0 saturated carbocycles. The van der Waals surface area contributed by atoms with Gasteiger partial charge < -0.3 is 5.32 Å². The van der Waals surface area contributed by atoms with Crippen LogP contribution in [0.3, 0.4) is 0 Å². The summed E-state index contributed by atoms with van der Waals surface area (Å²) in [6, 6.07) is 16.4. The van der Waals surface area contributed by atoms with E-state index in [0.29, 0.717) is 6.04 Å². The number of rotatable bonds is 5. The first-order valence-corrected chi connectivity index (χ1v) is 7.13. The highest BCUT2D eigenvalue weighted by Crippen LogP contribution is 2.28. The molecule has 100 valence electrons. The van der Waals surface area contributed by atoms with Crippen LogP contribution in [-0.4, -0.2) is 7.05 Å². The van der Waals surface area contributed by atoms with Gasteiger partial charge in [-0.15, -0.1) is 0 Å². The zero-order chi connectivity index (χ0) is 13.7. The Bertz CT molecular complexity index is 505. The summed E-state index contributed by atoms with van der Waals surface area (Å²) < 4.78 is 0. The van der Waals surface area contributed by atoms with Gasteiger partial charge in [0.05, 0.1) is 0 Å². The monoisotopic (exact) mass is 293 g/mol. The molecule has 2 rings (SSSR count). The first-order chi connectivity index (χ1) is 9.22. The molecule has 3 heteroatoms. The minimum Gasteiger partial charge on any atom is -0.313 e. The first-order valence-electron chi connectivity index (χ1n) is 6.37. The third-order valence-corrected chi connectivity index (χ3v) is 4.00. The SMILES string of the molecule is CNC(CCc1c(Cl)cccc1Cl)c1ccccc1. The molecule has 0 aliphatic rings. The Labute approximate surface area is 124 Å². The molecular weight excluding hydrogens is 277 g/mol. The lowest BCUT2D eigenvalue weighted by Crippen LogP contribution is -2.17. The lowest BCUT2D eigenvalue weighted by atomic mass is 9.99. The van der Waals surface area contributed by atoms with E-state index in [1.807, 2.05) is 31.3 Å². The Morgan fingerprint density at radius 1 is 0.947 bits per heavy atom. The molecule has 0 aromatic heterocycles. The van der Waals surface area contributed by atoms with Crippen molar-refractivity contribution in [3.63, 3.8) is 0 Å². The molecule has 1 unspecified atom stereocenters. The maximum atomic E-state index is 6.20. The van der Waals surface area contributed by atoms with Crippen molar-refractivity contribution < 1.29 is 0 Å². The molecule has 1 N–H and O–H groups in total. The van der Waals surface area contributed by atoms with Gasteiger partial charge in [0.15, 0.2) is 0 Å². The Balaban J connectivity index is 2.09. The molecule has 0 fully saturated rings. The van der Waals surface area contributed by atoms with Crippen LogP contribution in [-0.2, 0) is 6.42 Å². The fourth-order valence-electron chi connectivity index (χ4n) is 2.22. The fourth-order valence-corrected chi connectivity index (χ4v) is 2.81. The van der Waals surface area contributed by atoms with Crippen LogP contribution < -0.4 is 5.32 Å². The number of hydrogen-bond acceptors (Lipinski definition) is 1. The normalized spacial score (nSPS) is 12.4. The molecule has 2 aromatic rings. The van der Waals surface area contributed by atoms with Crippen LogP contribution in [0.5, 0.6) is 0 Å². The highest BCUT2D eigenvalue weighted by Gasteiger charge is 2.11. The molecule has 0 spiro atoms. The Morgan fingerprint density at radius 3 is 2.16 bits per heavy atom. The van der Waals surface area contributed by atoms with Gasteiger partial charge in [-0.1, -0.05) is 59.6 Å². The van der Waals surface area contributed by atoms with Crippen molar-refractivity contribution >= 4 is 23.2 Å². The number of nitrogens with one attached hydrogen (secondary N) is 1. The average molecular weight is 294 g/mol. The summed E-state index contributed by atoms with van der Waals surface area (Å²) in [5.74, 6) is 0. The lowest BCUT2D eigenvalue weighted by Gasteiger charge is -2.17. The predicted octanol–water partition coefficient (Wildman–Crippen LogP) is 4.89. The third kappa shape index (κ3) is 3.73. The van der Waals surface area contributed by atoms with Crippen molar-refractivity contribution in [1.29, 1.82) is 0 Å². The predicted molar refractivity (Wildman–Crippen MR) is 83.0 cm³/mol. The molecule has 0 amide bonds. The van der Waals surface area contributed by atoms with Crippen LogP contribution in [0.2, 0.25) is 10.0 Å². The van der Waals surface area contributed by atoms with E-state index in [1.54, 1.807) is 0 Å². The van der Waals surface area contributed by atoms with Crippen LogP contribution in [0.25, 0.3) is 0 Å². The molecule has 0 bridgehead atoms. The number of benzene rings is 2. The van der Waals surface area contributed by atoms with E-state index >= 15 is 0 Å². The van der Waals surface area contributed by atoms with Gasteiger partial charge in [-0.2, -0.15) is 0 Å². The van der Waals surface area contributed by atoms with E-state index < -0.39 is 0 Å². The van der Waals surface area contributed by atoms with Crippen LogP contribution in [0.15, 0.2) is 48.5 Å². The third-order valence-electron chi connectivity index (χ3n) is 3.30. The van der Waals surface area contributed by atoms with E-state index in [1.165, 1.54) is 5.56 Å². The summed E-state index contributed by atoms with van der Waals surface area (Å²) in [5, 5.41) is 4.83. The van der Waals surface area contributed by atoms with E-state index in [4.69, 9.17) is 23.2 Å². The summed E-state index contributed by atoms with van der Waals surface area (Å²) in [7, 11) is 1.98. The van der Waals surface area contributed by atoms with E-state index in [-0.39, 0.29) is 0 Å². The van der Waals surface area contributed by atoms with Gasteiger partial charge in [0.1, 0.15) is 0 Å². The minimum absolute atomic E-state index is 0.313. The van der Waals surface area contributed by atoms with Gasteiger partial charge in [0.25, 0.3) is 0 Å². The number of hydrogen-bond donors (Lipinski definition) is 1. The largest absolute Gasteiger partial charge is 0.313 e. The molecule has 0 saturated heterocycles. The smallest absolute Gasteiger partial charge is 0.0452 e. The van der Waals surface area contributed by atoms with E-state index in [9.17, 15) is 0 Å². The molecule has 1 atom stereocenters. The van der Waals surface area contributed by atoms with Crippen LogP contribution in [0.1, 0.15) is 23.6 Å². The summed E-state index contributed by atoms with van der Waals surface area (Å²) in [5.41, 5.74) is 2.31. The lowest BCUT2D eigenvalue weighted by molar-refractivity contribution is 0.549. The Morgan fingerprint density at radius 2 is 1.58 bits per heavy atom. The molecule has 0 aliphatic carbocycles.